The third kappa shape index (κ3) is 6.87. The minimum absolute atomic E-state index is 0.0219. The minimum atomic E-state index is -0.722. The van der Waals surface area contributed by atoms with Gasteiger partial charge in [-0.15, -0.1) is 0 Å². The van der Waals surface area contributed by atoms with E-state index in [-0.39, 0.29) is 24.2 Å². The van der Waals surface area contributed by atoms with Crippen LogP contribution in [0.15, 0.2) is 33.5 Å². The van der Waals surface area contributed by atoms with Gasteiger partial charge in [0.2, 0.25) is 0 Å². The molecule has 1 aromatic heterocycles. The number of nitrogens with one attached hydrogen (secondary N) is 1. The second-order valence-corrected chi connectivity index (χ2v) is 10.8. The number of benzene rings is 2. The first-order valence-corrected chi connectivity index (χ1v) is 13.5. The Morgan fingerprint density at radius 2 is 1.49 bits per heavy atom. The van der Waals surface area contributed by atoms with Crippen molar-refractivity contribution in [3.05, 3.63) is 44.8 Å². The van der Waals surface area contributed by atoms with E-state index in [9.17, 15) is 14.4 Å². The summed E-state index contributed by atoms with van der Waals surface area (Å²) in [5, 5.41) is 3.41. The van der Waals surface area contributed by atoms with Gasteiger partial charge < -0.3 is 38.3 Å². The predicted molar refractivity (Wildman–Crippen MR) is 158 cm³/mol. The molecule has 0 radical (unpaired) electrons. The van der Waals surface area contributed by atoms with Crippen LogP contribution in [0.4, 0.5) is 4.79 Å². The first-order valence-electron chi connectivity index (χ1n) is 12.7. The molecule has 3 rings (SSSR count). The number of hydrogen-bond donors (Lipinski definition) is 1. The summed E-state index contributed by atoms with van der Waals surface area (Å²) in [4.78, 5) is 39.4. The fourth-order valence-electron chi connectivity index (χ4n) is 4.39. The monoisotopic (exact) mass is 634 g/mol. The molecular weight excluding hydrogens is 600 g/mol. The molecule has 0 bridgehead atoms. The van der Waals surface area contributed by atoms with Gasteiger partial charge in [0.15, 0.2) is 23.0 Å². The molecule has 41 heavy (non-hydrogen) atoms. The van der Waals surface area contributed by atoms with Crippen molar-refractivity contribution in [3.8, 4) is 34.1 Å². The van der Waals surface area contributed by atoms with Crippen LogP contribution in [0.25, 0.3) is 21.9 Å². The van der Waals surface area contributed by atoms with Crippen molar-refractivity contribution in [1.82, 2.24) is 9.88 Å². The number of hydrogen-bond acceptors (Lipinski definition) is 9. The molecule has 0 saturated heterocycles. The van der Waals surface area contributed by atoms with Crippen LogP contribution in [-0.2, 0) is 16.0 Å². The van der Waals surface area contributed by atoms with Gasteiger partial charge in [0, 0.05) is 24.0 Å². The van der Waals surface area contributed by atoms with Crippen molar-refractivity contribution >= 4 is 38.8 Å². The van der Waals surface area contributed by atoms with Crippen molar-refractivity contribution in [2.24, 2.45) is 0 Å². The number of fused-ring (bicyclic) bond motifs is 1. The quantitative estimate of drug-likeness (QED) is 0.238. The van der Waals surface area contributed by atoms with E-state index < -0.39 is 23.2 Å². The molecule has 2 aromatic carbocycles. The number of pyridine rings is 1. The SMILES string of the molecule is COC(=O)c1c(-c2cc(Br)c(OC)c(OC)c2)c2cc(OC)c(OC)cc2c(=O)n1CCCNC(=O)OC(C)(C)C. The molecule has 0 unspecified atom stereocenters. The van der Waals surface area contributed by atoms with Crippen LogP contribution in [-0.4, -0.2) is 64.3 Å². The summed E-state index contributed by atoms with van der Waals surface area (Å²) in [5.41, 5.74) is -0.113. The Morgan fingerprint density at radius 1 is 0.878 bits per heavy atom. The fourth-order valence-corrected chi connectivity index (χ4v) is 4.99. The van der Waals surface area contributed by atoms with Gasteiger partial charge in [0.25, 0.3) is 5.56 Å². The van der Waals surface area contributed by atoms with Crippen LogP contribution in [0.3, 0.4) is 0 Å². The maximum atomic E-state index is 13.9. The standard InChI is InChI=1S/C29H35BrN2O9/c1-29(2,3)41-28(35)31-10-9-11-32-24(27(34)40-8)23(16-12-19(30)25(39-7)22(13-16)38-6)17-14-20(36-4)21(37-5)15-18(17)26(32)33/h12-15H,9-11H2,1-8H3,(H,31,35). The molecule has 0 aliphatic heterocycles. The largest absolute Gasteiger partial charge is 0.493 e. The van der Waals surface area contributed by atoms with Crippen LogP contribution >= 0.6 is 15.9 Å². The maximum Gasteiger partial charge on any atom is 0.407 e. The summed E-state index contributed by atoms with van der Waals surface area (Å²) >= 11 is 3.52. The van der Waals surface area contributed by atoms with Crippen molar-refractivity contribution in [3.63, 3.8) is 0 Å². The zero-order valence-electron chi connectivity index (χ0n) is 24.4. The Bertz CT molecular complexity index is 1510. The van der Waals surface area contributed by atoms with E-state index in [1.165, 1.54) is 40.1 Å². The van der Waals surface area contributed by atoms with Crippen LogP contribution in [0.2, 0.25) is 0 Å². The first-order chi connectivity index (χ1) is 19.4. The normalized spacial score (nSPS) is 11.1. The fraction of sp³-hybridized carbons (Fsp3) is 0.414. The Balaban J connectivity index is 2.30. The lowest BCUT2D eigenvalue weighted by atomic mass is 9.95. The second kappa shape index (κ2) is 13.2. The number of carbonyl (C=O) groups is 2. The van der Waals surface area contributed by atoms with Gasteiger partial charge in [-0.25, -0.2) is 9.59 Å². The zero-order valence-corrected chi connectivity index (χ0v) is 26.0. The molecule has 11 nitrogen and oxygen atoms in total. The van der Waals surface area contributed by atoms with Gasteiger partial charge in [-0.2, -0.15) is 0 Å². The summed E-state index contributed by atoms with van der Waals surface area (Å²) in [6.45, 7) is 5.58. The third-order valence-electron chi connectivity index (χ3n) is 6.10. The van der Waals surface area contributed by atoms with E-state index in [4.69, 9.17) is 28.4 Å². The molecule has 3 aromatic rings. The summed E-state index contributed by atoms with van der Waals surface area (Å²) in [6.07, 6.45) is -0.263. The molecule has 0 aliphatic carbocycles. The Labute approximate surface area is 246 Å². The number of amides is 1. The molecular formula is C29H35BrN2O9. The number of aromatic nitrogens is 1. The van der Waals surface area contributed by atoms with E-state index in [1.807, 2.05) is 0 Å². The van der Waals surface area contributed by atoms with Crippen molar-refractivity contribution < 1.29 is 38.0 Å². The molecule has 1 amide bonds. The van der Waals surface area contributed by atoms with Gasteiger partial charge in [-0.3, -0.25) is 4.79 Å². The number of esters is 1. The van der Waals surface area contributed by atoms with Crippen LogP contribution < -0.4 is 29.8 Å². The van der Waals surface area contributed by atoms with Crippen LogP contribution in [0, 0.1) is 0 Å². The first kappa shape index (κ1) is 31.6. The number of methoxy groups -OCH3 is 5. The Hall–Kier alpha value is -3.93. The van der Waals surface area contributed by atoms with Crippen LogP contribution in [0.5, 0.6) is 23.0 Å². The summed E-state index contributed by atoms with van der Waals surface area (Å²) in [6, 6.07) is 6.70. The van der Waals surface area contributed by atoms with Gasteiger partial charge in [0.05, 0.1) is 45.4 Å². The number of ether oxygens (including phenoxy) is 6. The lowest BCUT2D eigenvalue weighted by Gasteiger charge is -2.21. The smallest absolute Gasteiger partial charge is 0.407 e. The summed E-state index contributed by atoms with van der Waals surface area (Å²) < 4.78 is 34.4. The molecule has 0 aliphatic rings. The molecule has 0 fully saturated rings. The number of carbonyl (C=O) groups excluding carboxylic acids is 2. The van der Waals surface area contributed by atoms with E-state index >= 15 is 0 Å². The molecule has 12 heteroatoms. The van der Waals surface area contributed by atoms with E-state index in [0.29, 0.717) is 50.4 Å². The Morgan fingerprint density at radius 3 is 2.02 bits per heavy atom. The highest BCUT2D eigenvalue weighted by Crippen LogP contribution is 2.43. The number of nitrogens with zero attached hydrogens (tertiary/aromatic N) is 1. The Kier molecular flexibility index (Phi) is 10.1. The highest BCUT2D eigenvalue weighted by atomic mass is 79.9. The van der Waals surface area contributed by atoms with Crippen molar-refractivity contribution in [1.29, 1.82) is 0 Å². The minimum Gasteiger partial charge on any atom is -0.493 e. The average molecular weight is 636 g/mol. The molecule has 0 spiro atoms. The average Bonchev–Trinajstić information content (AvgIpc) is 2.93. The van der Waals surface area contributed by atoms with Crippen molar-refractivity contribution in [2.45, 2.75) is 39.3 Å². The number of rotatable bonds is 10. The predicted octanol–water partition coefficient (Wildman–Crippen LogP) is 5.17. The molecule has 0 atom stereocenters. The van der Waals surface area contributed by atoms with Gasteiger partial charge in [-0.1, -0.05) is 0 Å². The van der Waals surface area contributed by atoms with Crippen LogP contribution in [0.1, 0.15) is 37.7 Å². The number of halogens is 1. The highest BCUT2D eigenvalue weighted by Gasteiger charge is 2.27. The summed E-state index contributed by atoms with van der Waals surface area (Å²) in [5.74, 6) is 0.859. The molecule has 1 N–H and O–H groups in total. The maximum absolute atomic E-state index is 13.9. The highest BCUT2D eigenvalue weighted by molar-refractivity contribution is 9.10. The third-order valence-corrected chi connectivity index (χ3v) is 6.69. The summed E-state index contributed by atoms with van der Waals surface area (Å²) in [7, 11) is 7.21. The lowest BCUT2D eigenvalue weighted by Crippen LogP contribution is -2.34. The lowest BCUT2D eigenvalue weighted by molar-refractivity contribution is 0.0523. The zero-order chi connectivity index (χ0) is 30.5. The van der Waals surface area contributed by atoms with E-state index in [1.54, 1.807) is 45.0 Å². The van der Waals surface area contributed by atoms with Gasteiger partial charge >= 0.3 is 12.1 Å². The van der Waals surface area contributed by atoms with E-state index in [2.05, 4.69) is 21.2 Å². The van der Waals surface area contributed by atoms with Gasteiger partial charge in [-0.05, 0) is 73.0 Å². The topological polar surface area (TPSA) is 124 Å². The van der Waals surface area contributed by atoms with Gasteiger partial charge in [0.1, 0.15) is 11.3 Å². The van der Waals surface area contributed by atoms with E-state index in [0.717, 1.165) is 0 Å². The second-order valence-electron chi connectivity index (χ2n) is 9.90. The molecule has 222 valence electrons. The molecule has 1 heterocycles. The van der Waals surface area contributed by atoms with Crippen molar-refractivity contribution in [2.75, 3.05) is 42.1 Å². The number of alkyl carbamates (subject to hydrolysis) is 1. The molecule has 0 saturated carbocycles.